The van der Waals surface area contributed by atoms with Gasteiger partial charge in [0.2, 0.25) is 0 Å². The quantitative estimate of drug-likeness (QED) is 0.889. The highest BCUT2D eigenvalue weighted by Gasteiger charge is 2.25. The Balaban J connectivity index is 2.29. The molecule has 1 saturated heterocycles. The smallest absolute Gasteiger partial charge is 0.137 e. The van der Waals surface area contributed by atoms with Crippen molar-refractivity contribution in [2.24, 2.45) is 5.41 Å². The second kappa shape index (κ2) is 5.35. The standard InChI is InChI=1S/C15H26N4/c1-11-13(16-5)17-12(2)18-14(11)19-9-6-7-15(3,4)8-10-19/h6-10H2,1-5H3,(H,16,17,18). The van der Waals surface area contributed by atoms with Gasteiger partial charge in [0.05, 0.1) is 0 Å². The number of aromatic nitrogens is 2. The number of aryl methyl sites for hydroxylation is 1. The Kier molecular flexibility index (Phi) is 3.97. The summed E-state index contributed by atoms with van der Waals surface area (Å²) in [5, 5.41) is 3.17. The Morgan fingerprint density at radius 2 is 1.84 bits per heavy atom. The fourth-order valence-electron chi connectivity index (χ4n) is 2.80. The molecule has 2 heterocycles. The van der Waals surface area contributed by atoms with Crippen LogP contribution in [0.5, 0.6) is 0 Å². The van der Waals surface area contributed by atoms with Crippen LogP contribution < -0.4 is 10.2 Å². The van der Waals surface area contributed by atoms with E-state index in [4.69, 9.17) is 0 Å². The number of hydrogen-bond acceptors (Lipinski definition) is 4. The second-order valence-electron chi connectivity index (χ2n) is 6.32. The molecule has 1 aliphatic heterocycles. The first-order chi connectivity index (χ1) is 8.93. The summed E-state index contributed by atoms with van der Waals surface area (Å²) >= 11 is 0. The summed E-state index contributed by atoms with van der Waals surface area (Å²) in [6.45, 7) is 11.0. The Morgan fingerprint density at radius 1 is 1.11 bits per heavy atom. The molecule has 0 amide bonds. The molecular formula is C15H26N4. The van der Waals surface area contributed by atoms with Crippen LogP contribution in [0, 0.1) is 19.3 Å². The van der Waals surface area contributed by atoms with E-state index < -0.39 is 0 Å². The van der Waals surface area contributed by atoms with Crippen LogP contribution in [0.1, 0.15) is 44.5 Å². The van der Waals surface area contributed by atoms with E-state index in [0.29, 0.717) is 5.41 Å². The Bertz CT molecular complexity index is 454. The number of rotatable bonds is 2. The SMILES string of the molecule is CNc1nc(C)nc(N2CCCC(C)(C)CC2)c1C. The molecular weight excluding hydrogens is 236 g/mol. The maximum Gasteiger partial charge on any atom is 0.137 e. The summed E-state index contributed by atoms with van der Waals surface area (Å²) in [6.07, 6.45) is 3.76. The summed E-state index contributed by atoms with van der Waals surface area (Å²) < 4.78 is 0. The van der Waals surface area contributed by atoms with Crippen LogP contribution in [-0.4, -0.2) is 30.1 Å². The average Bonchev–Trinajstić information content (AvgIpc) is 2.53. The van der Waals surface area contributed by atoms with E-state index in [0.717, 1.165) is 36.1 Å². The summed E-state index contributed by atoms with van der Waals surface area (Å²) in [5.74, 6) is 2.90. The maximum atomic E-state index is 4.67. The topological polar surface area (TPSA) is 41.1 Å². The number of nitrogens with one attached hydrogen (secondary N) is 1. The largest absolute Gasteiger partial charge is 0.373 e. The molecule has 0 unspecified atom stereocenters. The van der Waals surface area contributed by atoms with Gasteiger partial charge in [0, 0.05) is 25.7 Å². The first-order valence-corrected chi connectivity index (χ1v) is 7.21. The van der Waals surface area contributed by atoms with Crippen molar-refractivity contribution in [3.05, 3.63) is 11.4 Å². The van der Waals surface area contributed by atoms with Crippen LogP contribution in [0.2, 0.25) is 0 Å². The molecule has 0 bridgehead atoms. The van der Waals surface area contributed by atoms with Crippen LogP contribution in [0.4, 0.5) is 11.6 Å². The molecule has 19 heavy (non-hydrogen) atoms. The zero-order chi connectivity index (χ0) is 14.0. The Labute approximate surface area is 116 Å². The third-order valence-corrected chi connectivity index (χ3v) is 4.11. The van der Waals surface area contributed by atoms with Gasteiger partial charge >= 0.3 is 0 Å². The van der Waals surface area contributed by atoms with Gasteiger partial charge in [0.1, 0.15) is 17.5 Å². The highest BCUT2D eigenvalue weighted by molar-refractivity contribution is 5.58. The molecule has 1 aromatic heterocycles. The molecule has 0 saturated carbocycles. The number of hydrogen-bond donors (Lipinski definition) is 1. The normalized spacial score (nSPS) is 19.1. The van der Waals surface area contributed by atoms with Gasteiger partial charge in [-0.05, 0) is 38.5 Å². The van der Waals surface area contributed by atoms with Crippen molar-refractivity contribution in [3.63, 3.8) is 0 Å². The van der Waals surface area contributed by atoms with Crippen molar-refractivity contribution in [2.75, 3.05) is 30.4 Å². The van der Waals surface area contributed by atoms with Gasteiger partial charge in [-0.15, -0.1) is 0 Å². The van der Waals surface area contributed by atoms with E-state index in [-0.39, 0.29) is 0 Å². The van der Waals surface area contributed by atoms with Crippen molar-refractivity contribution in [3.8, 4) is 0 Å². The fourth-order valence-corrected chi connectivity index (χ4v) is 2.80. The first kappa shape index (κ1) is 14.1. The van der Waals surface area contributed by atoms with Crippen LogP contribution in [0.3, 0.4) is 0 Å². The molecule has 2 rings (SSSR count). The van der Waals surface area contributed by atoms with Gasteiger partial charge in [-0.1, -0.05) is 13.8 Å². The Morgan fingerprint density at radius 3 is 2.53 bits per heavy atom. The van der Waals surface area contributed by atoms with E-state index in [9.17, 15) is 0 Å². The maximum absolute atomic E-state index is 4.67. The summed E-state index contributed by atoms with van der Waals surface area (Å²) in [5.41, 5.74) is 1.61. The van der Waals surface area contributed by atoms with Gasteiger partial charge in [0.15, 0.2) is 0 Å². The lowest BCUT2D eigenvalue weighted by molar-refractivity contribution is 0.325. The third kappa shape index (κ3) is 3.17. The molecule has 0 aromatic carbocycles. The molecule has 1 aromatic rings. The van der Waals surface area contributed by atoms with Crippen LogP contribution >= 0.6 is 0 Å². The predicted molar refractivity (Wildman–Crippen MR) is 80.9 cm³/mol. The lowest BCUT2D eigenvalue weighted by Crippen LogP contribution is -2.27. The van der Waals surface area contributed by atoms with E-state index in [1.165, 1.54) is 19.3 Å². The molecule has 4 heteroatoms. The molecule has 1 aliphatic rings. The highest BCUT2D eigenvalue weighted by Crippen LogP contribution is 2.32. The van der Waals surface area contributed by atoms with E-state index in [2.05, 4.69) is 41.0 Å². The second-order valence-corrected chi connectivity index (χ2v) is 6.32. The highest BCUT2D eigenvalue weighted by atomic mass is 15.2. The molecule has 0 atom stereocenters. The molecule has 4 nitrogen and oxygen atoms in total. The van der Waals surface area contributed by atoms with Gasteiger partial charge < -0.3 is 10.2 Å². The number of anilines is 2. The average molecular weight is 262 g/mol. The fraction of sp³-hybridized carbons (Fsp3) is 0.733. The van der Waals surface area contributed by atoms with E-state index in [1.54, 1.807) is 0 Å². The minimum Gasteiger partial charge on any atom is -0.373 e. The van der Waals surface area contributed by atoms with Crippen molar-refractivity contribution >= 4 is 11.6 Å². The van der Waals surface area contributed by atoms with Crippen molar-refractivity contribution in [2.45, 2.75) is 47.0 Å². The van der Waals surface area contributed by atoms with Crippen LogP contribution in [0.15, 0.2) is 0 Å². The first-order valence-electron chi connectivity index (χ1n) is 7.21. The summed E-state index contributed by atoms with van der Waals surface area (Å²) in [4.78, 5) is 11.5. The van der Waals surface area contributed by atoms with Gasteiger partial charge in [-0.25, -0.2) is 9.97 Å². The van der Waals surface area contributed by atoms with Crippen LogP contribution in [-0.2, 0) is 0 Å². The van der Waals surface area contributed by atoms with Crippen molar-refractivity contribution in [1.29, 1.82) is 0 Å². The minimum absolute atomic E-state index is 0.455. The van der Waals surface area contributed by atoms with Crippen LogP contribution in [0.25, 0.3) is 0 Å². The molecule has 1 N–H and O–H groups in total. The van der Waals surface area contributed by atoms with Gasteiger partial charge in [0.25, 0.3) is 0 Å². The lowest BCUT2D eigenvalue weighted by atomic mass is 9.85. The third-order valence-electron chi connectivity index (χ3n) is 4.11. The molecule has 0 spiro atoms. The summed E-state index contributed by atoms with van der Waals surface area (Å²) in [6, 6.07) is 0. The van der Waals surface area contributed by atoms with Crippen molar-refractivity contribution in [1.82, 2.24) is 9.97 Å². The van der Waals surface area contributed by atoms with Crippen molar-refractivity contribution < 1.29 is 0 Å². The lowest BCUT2D eigenvalue weighted by Gasteiger charge is -2.26. The molecule has 0 radical (unpaired) electrons. The molecule has 0 aliphatic carbocycles. The molecule has 106 valence electrons. The van der Waals surface area contributed by atoms with Gasteiger partial charge in [-0.3, -0.25) is 0 Å². The zero-order valence-electron chi connectivity index (χ0n) is 12.9. The monoisotopic (exact) mass is 262 g/mol. The van der Waals surface area contributed by atoms with E-state index in [1.807, 2.05) is 14.0 Å². The number of nitrogens with zero attached hydrogens (tertiary/aromatic N) is 3. The zero-order valence-corrected chi connectivity index (χ0v) is 12.9. The summed E-state index contributed by atoms with van der Waals surface area (Å²) in [7, 11) is 1.92. The predicted octanol–water partition coefficient (Wildman–Crippen LogP) is 3.15. The van der Waals surface area contributed by atoms with E-state index >= 15 is 0 Å². The van der Waals surface area contributed by atoms with Gasteiger partial charge in [-0.2, -0.15) is 0 Å². The molecule has 1 fully saturated rings. The minimum atomic E-state index is 0.455. The Hall–Kier alpha value is -1.32.